The van der Waals surface area contributed by atoms with Crippen LogP contribution in [0.3, 0.4) is 0 Å². The van der Waals surface area contributed by atoms with Gasteiger partial charge in [0.2, 0.25) is 0 Å². The predicted octanol–water partition coefficient (Wildman–Crippen LogP) is 4.70. The summed E-state index contributed by atoms with van der Waals surface area (Å²) in [5, 5.41) is 0.339. The molecule has 1 N–H and O–H groups in total. The number of rotatable bonds is 3. The summed E-state index contributed by atoms with van der Waals surface area (Å²) in [4.78, 5) is -0.103. The number of sulfonamides is 1. The van der Waals surface area contributed by atoms with Gasteiger partial charge in [-0.2, -0.15) is 0 Å². The van der Waals surface area contributed by atoms with Gasteiger partial charge in [-0.15, -0.1) is 0 Å². The third-order valence-electron chi connectivity index (χ3n) is 2.38. The van der Waals surface area contributed by atoms with Gasteiger partial charge in [-0.25, -0.2) is 12.8 Å². The minimum absolute atomic E-state index is 0.103. The highest BCUT2D eigenvalue weighted by atomic mass is 79.9. The Balaban J connectivity index is 2.38. The van der Waals surface area contributed by atoms with Crippen molar-refractivity contribution in [3.05, 3.63) is 56.7 Å². The fourth-order valence-electron chi connectivity index (χ4n) is 1.42. The highest BCUT2D eigenvalue weighted by molar-refractivity contribution is 9.10. The van der Waals surface area contributed by atoms with Crippen LogP contribution >= 0.6 is 39.1 Å². The highest BCUT2D eigenvalue weighted by Crippen LogP contribution is 2.27. The van der Waals surface area contributed by atoms with Crippen LogP contribution in [0.15, 0.2) is 45.8 Å². The van der Waals surface area contributed by atoms with Crippen molar-refractivity contribution in [2.45, 2.75) is 4.90 Å². The molecular formula is C12H7BrCl2FNO2S. The minimum Gasteiger partial charge on any atom is -0.277 e. The van der Waals surface area contributed by atoms with Gasteiger partial charge in [0.1, 0.15) is 5.82 Å². The Morgan fingerprint density at radius 1 is 1.05 bits per heavy atom. The molecule has 2 aromatic rings. The van der Waals surface area contributed by atoms with Gasteiger partial charge in [0.25, 0.3) is 10.0 Å². The van der Waals surface area contributed by atoms with E-state index < -0.39 is 15.8 Å². The summed E-state index contributed by atoms with van der Waals surface area (Å²) in [5.74, 6) is -0.692. The van der Waals surface area contributed by atoms with Crippen LogP contribution in [0.2, 0.25) is 10.0 Å². The summed E-state index contributed by atoms with van der Waals surface area (Å²) in [6.45, 7) is 0. The molecule has 8 heteroatoms. The maximum atomic E-state index is 13.6. The normalized spacial score (nSPS) is 11.4. The zero-order valence-corrected chi connectivity index (χ0v) is 13.6. The molecule has 0 bridgehead atoms. The molecule has 0 heterocycles. The van der Waals surface area contributed by atoms with Gasteiger partial charge in [0, 0.05) is 4.47 Å². The SMILES string of the molecule is O=S(=O)(Nc1ccc(Br)cc1F)c1ccc(Cl)c(Cl)c1. The number of anilines is 1. The van der Waals surface area contributed by atoms with Crippen LogP contribution in [0.25, 0.3) is 0 Å². The molecule has 3 nitrogen and oxygen atoms in total. The topological polar surface area (TPSA) is 46.2 Å². The van der Waals surface area contributed by atoms with Crippen molar-refractivity contribution in [1.29, 1.82) is 0 Å². The number of nitrogens with one attached hydrogen (secondary N) is 1. The van der Waals surface area contributed by atoms with E-state index in [0.717, 1.165) is 6.07 Å². The fourth-order valence-corrected chi connectivity index (χ4v) is 3.21. The number of hydrogen-bond acceptors (Lipinski definition) is 2. The molecule has 2 rings (SSSR count). The Morgan fingerprint density at radius 3 is 2.35 bits per heavy atom. The maximum absolute atomic E-state index is 13.6. The van der Waals surface area contributed by atoms with Crippen molar-refractivity contribution in [2.24, 2.45) is 0 Å². The Bertz CT molecular complexity index is 768. The van der Waals surface area contributed by atoms with Crippen LogP contribution in [0.5, 0.6) is 0 Å². The van der Waals surface area contributed by atoms with Crippen LogP contribution in [0, 0.1) is 5.82 Å². The summed E-state index contributed by atoms with van der Waals surface area (Å²) in [6, 6.07) is 7.84. The second-order valence-electron chi connectivity index (χ2n) is 3.81. The summed E-state index contributed by atoms with van der Waals surface area (Å²) in [7, 11) is -3.94. The Kier molecular flexibility index (Phi) is 4.59. The lowest BCUT2D eigenvalue weighted by molar-refractivity contribution is 0.598. The van der Waals surface area contributed by atoms with E-state index in [0.29, 0.717) is 4.47 Å². The molecule has 0 amide bonds. The fraction of sp³-hybridized carbons (Fsp3) is 0. The molecule has 0 aromatic heterocycles. The second kappa shape index (κ2) is 5.89. The van der Waals surface area contributed by atoms with Gasteiger partial charge in [-0.05, 0) is 36.4 Å². The van der Waals surface area contributed by atoms with Crippen molar-refractivity contribution in [1.82, 2.24) is 0 Å². The molecule has 2 aromatic carbocycles. The minimum atomic E-state index is -3.94. The lowest BCUT2D eigenvalue weighted by Crippen LogP contribution is -2.14. The molecule has 0 aliphatic carbocycles. The molecule has 0 atom stereocenters. The van der Waals surface area contributed by atoms with E-state index in [2.05, 4.69) is 20.7 Å². The summed E-state index contributed by atoms with van der Waals surface area (Å²) >= 11 is 14.6. The Morgan fingerprint density at radius 2 is 1.75 bits per heavy atom. The zero-order valence-electron chi connectivity index (χ0n) is 9.70. The van der Waals surface area contributed by atoms with E-state index in [9.17, 15) is 12.8 Å². The first-order valence-corrected chi connectivity index (χ1v) is 8.26. The van der Waals surface area contributed by atoms with Gasteiger partial charge in [-0.1, -0.05) is 39.1 Å². The second-order valence-corrected chi connectivity index (χ2v) is 7.22. The monoisotopic (exact) mass is 397 g/mol. The largest absolute Gasteiger partial charge is 0.277 e. The zero-order chi connectivity index (χ0) is 14.9. The van der Waals surface area contributed by atoms with Crippen LogP contribution in [-0.4, -0.2) is 8.42 Å². The van der Waals surface area contributed by atoms with E-state index in [-0.39, 0.29) is 20.6 Å². The standard InChI is InChI=1S/C12H7BrCl2FNO2S/c13-7-1-4-12(11(16)5-7)17-20(18,19)8-2-3-9(14)10(15)6-8/h1-6,17H. The smallest absolute Gasteiger partial charge is 0.262 e. The molecule has 0 saturated carbocycles. The van der Waals surface area contributed by atoms with Crippen LogP contribution in [0.4, 0.5) is 10.1 Å². The van der Waals surface area contributed by atoms with Gasteiger partial charge < -0.3 is 0 Å². The van der Waals surface area contributed by atoms with Crippen molar-refractivity contribution in [3.63, 3.8) is 0 Å². The van der Waals surface area contributed by atoms with Crippen LogP contribution in [0.1, 0.15) is 0 Å². The molecule has 0 unspecified atom stereocenters. The van der Waals surface area contributed by atoms with Crippen LogP contribution in [-0.2, 0) is 10.0 Å². The molecule has 106 valence electrons. The van der Waals surface area contributed by atoms with Gasteiger partial charge in [0.05, 0.1) is 20.6 Å². The summed E-state index contributed by atoms with van der Waals surface area (Å²) in [5.41, 5.74) is -0.153. The van der Waals surface area contributed by atoms with E-state index in [4.69, 9.17) is 23.2 Å². The van der Waals surface area contributed by atoms with Crippen molar-refractivity contribution < 1.29 is 12.8 Å². The van der Waals surface area contributed by atoms with E-state index in [1.54, 1.807) is 0 Å². The quantitative estimate of drug-likeness (QED) is 0.814. The third-order valence-corrected chi connectivity index (χ3v) is 4.97. The number of halogens is 4. The van der Waals surface area contributed by atoms with Crippen molar-refractivity contribution in [3.8, 4) is 0 Å². The number of benzene rings is 2. The molecule has 0 aliphatic rings. The van der Waals surface area contributed by atoms with E-state index >= 15 is 0 Å². The highest BCUT2D eigenvalue weighted by Gasteiger charge is 2.17. The first-order chi connectivity index (χ1) is 9.29. The molecule has 0 radical (unpaired) electrons. The first kappa shape index (κ1) is 15.6. The number of hydrogen-bond donors (Lipinski definition) is 1. The molecular weight excluding hydrogens is 392 g/mol. The van der Waals surface area contributed by atoms with Crippen LogP contribution < -0.4 is 4.72 Å². The average Bonchev–Trinajstić information content (AvgIpc) is 2.36. The first-order valence-electron chi connectivity index (χ1n) is 5.22. The summed E-state index contributed by atoms with van der Waals surface area (Å²) < 4.78 is 40.5. The summed E-state index contributed by atoms with van der Waals surface area (Å²) in [6.07, 6.45) is 0. The average molecular weight is 399 g/mol. The molecule has 0 aliphatic heterocycles. The van der Waals surface area contributed by atoms with Gasteiger partial charge in [0.15, 0.2) is 0 Å². The van der Waals surface area contributed by atoms with Crippen molar-refractivity contribution >= 4 is 54.8 Å². The van der Waals surface area contributed by atoms with Crippen molar-refractivity contribution in [2.75, 3.05) is 4.72 Å². The van der Waals surface area contributed by atoms with Gasteiger partial charge >= 0.3 is 0 Å². The molecule has 0 saturated heterocycles. The van der Waals surface area contributed by atoms with E-state index in [1.165, 1.54) is 30.3 Å². The van der Waals surface area contributed by atoms with Gasteiger partial charge in [-0.3, -0.25) is 4.72 Å². The Labute approximate surface area is 133 Å². The predicted molar refractivity (Wildman–Crippen MR) is 81.4 cm³/mol. The van der Waals surface area contributed by atoms with E-state index in [1.807, 2.05) is 0 Å². The third kappa shape index (κ3) is 3.44. The molecule has 0 fully saturated rings. The molecule has 20 heavy (non-hydrogen) atoms. The lowest BCUT2D eigenvalue weighted by atomic mass is 10.3. The Hall–Kier alpha value is -0.820. The maximum Gasteiger partial charge on any atom is 0.262 e. The lowest BCUT2D eigenvalue weighted by Gasteiger charge is -2.09. The molecule has 0 spiro atoms.